The van der Waals surface area contributed by atoms with E-state index in [0.717, 1.165) is 5.57 Å². The van der Waals surface area contributed by atoms with Crippen LogP contribution in [0.1, 0.15) is 13.8 Å². The molecule has 0 amide bonds. The van der Waals surface area contributed by atoms with Crippen molar-refractivity contribution >= 4 is 5.84 Å². The van der Waals surface area contributed by atoms with E-state index in [1.165, 1.54) is 0 Å². The zero-order valence-electron chi connectivity index (χ0n) is 7.41. The average molecular weight is 166 g/mol. The molecule has 0 aromatic carbocycles. The fraction of sp³-hybridized carbons (Fsp3) is 0.222. The number of rotatable bonds is 3. The van der Waals surface area contributed by atoms with Crippen LogP contribution in [0.3, 0.4) is 0 Å². The van der Waals surface area contributed by atoms with Gasteiger partial charge in [0.25, 0.3) is 0 Å². The Hall–Kier alpha value is -1.51. The molecule has 3 nitrogen and oxygen atoms in total. The van der Waals surface area contributed by atoms with E-state index in [2.05, 4.69) is 11.7 Å². The Balaban J connectivity index is 4.73. The van der Waals surface area contributed by atoms with E-state index in [-0.39, 0.29) is 5.84 Å². The van der Waals surface area contributed by atoms with E-state index < -0.39 is 0 Å². The number of hydrogen-bond donors (Lipinski definition) is 2. The van der Waals surface area contributed by atoms with Crippen LogP contribution in [0.15, 0.2) is 41.1 Å². The van der Waals surface area contributed by atoms with Crippen molar-refractivity contribution in [3.63, 3.8) is 0 Å². The SMILES string of the molecule is C=C\C(C)=C/C(=C\C)C(/N)=N/O. The number of oxime groups is 1. The summed E-state index contributed by atoms with van der Waals surface area (Å²) in [4.78, 5) is 0. The van der Waals surface area contributed by atoms with Crippen LogP contribution in [-0.2, 0) is 0 Å². The Morgan fingerprint density at radius 3 is 2.50 bits per heavy atom. The van der Waals surface area contributed by atoms with Crippen LogP contribution in [0, 0.1) is 0 Å². The Morgan fingerprint density at radius 1 is 1.58 bits per heavy atom. The second-order valence-corrected chi connectivity index (χ2v) is 2.32. The molecule has 0 aliphatic rings. The van der Waals surface area contributed by atoms with Gasteiger partial charge in [0.1, 0.15) is 0 Å². The van der Waals surface area contributed by atoms with E-state index in [9.17, 15) is 0 Å². The Bertz CT molecular complexity index is 249. The lowest BCUT2D eigenvalue weighted by Crippen LogP contribution is -2.13. The summed E-state index contributed by atoms with van der Waals surface area (Å²) in [5.74, 6) is 0.110. The molecule has 3 N–H and O–H groups in total. The van der Waals surface area contributed by atoms with Gasteiger partial charge in [0.2, 0.25) is 0 Å². The van der Waals surface area contributed by atoms with Crippen molar-refractivity contribution in [1.29, 1.82) is 0 Å². The zero-order chi connectivity index (χ0) is 9.56. The van der Waals surface area contributed by atoms with Crippen LogP contribution in [0.5, 0.6) is 0 Å². The quantitative estimate of drug-likeness (QED) is 0.221. The lowest BCUT2D eigenvalue weighted by Gasteiger charge is -1.98. The second-order valence-electron chi connectivity index (χ2n) is 2.32. The summed E-state index contributed by atoms with van der Waals surface area (Å²) < 4.78 is 0. The lowest BCUT2D eigenvalue weighted by atomic mass is 10.1. The summed E-state index contributed by atoms with van der Waals surface area (Å²) in [5.41, 5.74) is 7.04. The van der Waals surface area contributed by atoms with Crippen molar-refractivity contribution in [2.24, 2.45) is 10.9 Å². The fourth-order valence-corrected chi connectivity index (χ4v) is 0.667. The van der Waals surface area contributed by atoms with Gasteiger partial charge in [0, 0.05) is 5.57 Å². The van der Waals surface area contributed by atoms with Gasteiger partial charge in [0.15, 0.2) is 5.84 Å². The molecule has 0 saturated carbocycles. The third kappa shape index (κ3) is 3.05. The summed E-state index contributed by atoms with van der Waals surface area (Å²) in [5, 5.41) is 11.3. The van der Waals surface area contributed by atoms with Gasteiger partial charge in [-0.2, -0.15) is 0 Å². The van der Waals surface area contributed by atoms with E-state index in [1.54, 1.807) is 18.2 Å². The summed E-state index contributed by atoms with van der Waals surface area (Å²) in [7, 11) is 0. The van der Waals surface area contributed by atoms with Gasteiger partial charge in [-0.3, -0.25) is 0 Å². The van der Waals surface area contributed by atoms with Crippen LogP contribution in [0.4, 0.5) is 0 Å². The maximum atomic E-state index is 8.39. The van der Waals surface area contributed by atoms with Crippen molar-refractivity contribution in [2.45, 2.75) is 13.8 Å². The summed E-state index contributed by atoms with van der Waals surface area (Å²) in [6, 6.07) is 0. The lowest BCUT2D eigenvalue weighted by molar-refractivity contribution is 0.318. The van der Waals surface area contributed by atoms with Crippen LogP contribution in [0.25, 0.3) is 0 Å². The number of hydrogen-bond acceptors (Lipinski definition) is 2. The first-order valence-electron chi connectivity index (χ1n) is 3.60. The van der Waals surface area contributed by atoms with Gasteiger partial charge in [-0.25, -0.2) is 0 Å². The topological polar surface area (TPSA) is 58.6 Å². The Morgan fingerprint density at radius 2 is 2.17 bits per heavy atom. The van der Waals surface area contributed by atoms with E-state index in [1.807, 2.05) is 13.8 Å². The first-order valence-corrected chi connectivity index (χ1v) is 3.60. The molecule has 0 aliphatic heterocycles. The standard InChI is InChI=1S/C9H14N2O/c1-4-7(3)6-8(5-2)9(10)11-12/h4-6,12H,1H2,2-3H3,(H2,10,11)/b7-6-,8-5+. The first kappa shape index (κ1) is 10.5. The van der Waals surface area contributed by atoms with Gasteiger partial charge in [-0.1, -0.05) is 29.5 Å². The predicted molar refractivity (Wildman–Crippen MR) is 51.1 cm³/mol. The fourth-order valence-electron chi connectivity index (χ4n) is 0.667. The molecular weight excluding hydrogens is 152 g/mol. The van der Waals surface area contributed by atoms with Crippen molar-refractivity contribution in [1.82, 2.24) is 0 Å². The molecule has 0 aromatic heterocycles. The largest absolute Gasteiger partial charge is 0.409 e. The van der Waals surface area contributed by atoms with Gasteiger partial charge < -0.3 is 10.9 Å². The number of nitrogens with two attached hydrogens (primary N) is 1. The van der Waals surface area contributed by atoms with Crippen molar-refractivity contribution < 1.29 is 5.21 Å². The third-order valence-electron chi connectivity index (χ3n) is 1.42. The number of amidine groups is 1. The highest BCUT2D eigenvalue weighted by Gasteiger charge is 1.97. The molecule has 0 unspecified atom stereocenters. The smallest absolute Gasteiger partial charge is 0.169 e. The zero-order valence-corrected chi connectivity index (χ0v) is 7.41. The number of nitrogens with zero attached hydrogens (tertiary/aromatic N) is 1. The maximum absolute atomic E-state index is 8.39. The molecule has 0 fully saturated rings. The van der Waals surface area contributed by atoms with Crippen molar-refractivity contribution in [3.05, 3.63) is 36.0 Å². The third-order valence-corrected chi connectivity index (χ3v) is 1.42. The Kier molecular flexibility index (Phi) is 4.53. The second kappa shape index (κ2) is 5.18. The molecule has 0 heterocycles. The minimum Gasteiger partial charge on any atom is -0.409 e. The van der Waals surface area contributed by atoms with Gasteiger partial charge in [-0.15, -0.1) is 0 Å². The van der Waals surface area contributed by atoms with Crippen LogP contribution < -0.4 is 5.73 Å². The Labute approximate surface area is 72.6 Å². The van der Waals surface area contributed by atoms with Crippen LogP contribution >= 0.6 is 0 Å². The molecule has 0 spiro atoms. The minimum atomic E-state index is 0.110. The molecule has 0 aliphatic carbocycles. The molecule has 3 heteroatoms. The van der Waals surface area contributed by atoms with E-state index >= 15 is 0 Å². The van der Waals surface area contributed by atoms with Gasteiger partial charge >= 0.3 is 0 Å². The predicted octanol–water partition coefficient (Wildman–Crippen LogP) is 1.81. The van der Waals surface area contributed by atoms with Gasteiger partial charge in [0.05, 0.1) is 0 Å². The van der Waals surface area contributed by atoms with E-state index in [0.29, 0.717) is 5.57 Å². The molecule has 0 rings (SSSR count). The normalized spacial score (nSPS) is 14.7. The monoisotopic (exact) mass is 166 g/mol. The summed E-state index contributed by atoms with van der Waals surface area (Å²) in [6.07, 6.45) is 5.26. The molecule has 0 saturated heterocycles. The maximum Gasteiger partial charge on any atom is 0.169 e. The molecule has 0 atom stereocenters. The molecule has 12 heavy (non-hydrogen) atoms. The highest BCUT2D eigenvalue weighted by Crippen LogP contribution is 2.02. The molecule has 0 radical (unpaired) electrons. The number of allylic oxidation sites excluding steroid dienone is 3. The van der Waals surface area contributed by atoms with Crippen molar-refractivity contribution in [3.8, 4) is 0 Å². The minimum absolute atomic E-state index is 0.110. The summed E-state index contributed by atoms with van der Waals surface area (Å²) in [6.45, 7) is 7.30. The van der Waals surface area contributed by atoms with Gasteiger partial charge in [-0.05, 0) is 19.9 Å². The molecular formula is C9H14N2O. The molecule has 66 valence electrons. The molecule has 0 bridgehead atoms. The van der Waals surface area contributed by atoms with Crippen LogP contribution in [0.2, 0.25) is 0 Å². The highest BCUT2D eigenvalue weighted by atomic mass is 16.4. The highest BCUT2D eigenvalue weighted by molar-refractivity contribution is 5.99. The average Bonchev–Trinajstić information content (AvgIpc) is 2.12. The first-order chi connectivity index (χ1) is 5.65. The molecule has 0 aromatic rings. The summed E-state index contributed by atoms with van der Waals surface area (Å²) >= 11 is 0. The van der Waals surface area contributed by atoms with E-state index in [4.69, 9.17) is 10.9 Å². The van der Waals surface area contributed by atoms with Crippen LogP contribution in [-0.4, -0.2) is 11.0 Å². The van der Waals surface area contributed by atoms with Crippen molar-refractivity contribution in [2.75, 3.05) is 0 Å².